The van der Waals surface area contributed by atoms with Gasteiger partial charge in [0, 0.05) is 0 Å². The Balaban J connectivity index is 2.39. The van der Waals surface area contributed by atoms with Gasteiger partial charge in [0.2, 0.25) is 0 Å². The van der Waals surface area contributed by atoms with E-state index in [4.69, 9.17) is 10.8 Å². The van der Waals surface area contributed by atoms with Crippen LogP contribution in [0.25, 0.3) is 0 Å². The van der Waals surface area contributed by atoms with Gasteiger partial charge in [0.25, 0.3) is 0 Å². The second kappa shape index (κ2) is 2.33. The molecule has 0 aromatic heterocycles. The van der Waals surface area contributed by atoms with E-state index in [1.54, 1.807) is 0 Å². The Morgan fingerprint density at radius 3 is 2.56 bits per heavy atom. The summed E-state index contributed by atoms with van der Waals surface area (Å²) in [6.07, 6.45) is 1.29. The van der Waals surface area contributed by atoms with Gasteiger partial charge in [-0.15, -0.1) is 0 Å². The maximum atomic E-state index is 10.2. The van der Waals surface area contributed by atoms with Crippen LogP contribution in [0.2, 0.25) is 0 Å². The van der Waals surface area contributed by atoms with E-state index in [-0.39, 0.29) is 6.17 Å². The third-order valence-corrected chi connectivity index (χ3v) is 1.48. The predicted octanol–water partition coefficient (Wildman–Crippen LogP) is -0.892. The van der Waals surface area contributed by atoms with Gasteiger partial charge in [-0.2, -0.15) is 0 Å². The van der Waals surface area contributed by atoms with Crippen molar-refractivity contribution in [3.63, 3.8) is 0 Å². The number of nitrogens with two attached hydrogens (primary N) is 1. The molecule has 1 rings (SSSR count). The molecule has 4 N–H and O–H groups in total. The van der Waals surface area contributed by atoms with E-state index in [2.05, 4.69) is 5.32 Å². The van der Waals surface area contributed by atoms with Crippen molar-refractivity contribution in [1.29, 1.82) is 0 Å². The number of aliphatic carboxylic acids is 1. The molecule has 0 amide bonds. The monoisotopic (exact) mass is 130 g/mol. The Kier molecular flexibility index (Phi) is 1.68. The zero-order chi connectivity index (χ0) is 6.85. The molecule has 0 aromatic carbocycles. The van der Waals surface area contributed by atoms with E-state index < -0.39 is 12.0 Å². The van der Waals surface area contributed by atoms with Crippen molar-refractivity contribution in [2.45, 2.75) is 25.0 Å². The van der Waals surface area contributed by atoms with Crippen LogP contribution in [0, 0.1) is 0 Å². The number of hydrogen-bond acceptors (Lipinski definition) is 3. The Hall–Kier alpha value is -0.610. The number of carboxylic acids is 1. The van der Waals surface area contributed by atoms with Crippen molar-refractivity contribution in [3.8, 4) is 0 Å². The lowest BCUT2D eigenvalue weighted by atomic mass is 10.2. The molecule has 0 radical (unpaired) electrons. The second-order valence-corrected chi connectivity index (χ2v) is 2.24. The van der Waals surface area contributed by atoms with Gasteiger partial charge in [0.1, 0.15) is 6.04 Å². The molecule has 1 unspecified atom stereocenters. The SMILES string of the molecule is NC1CC[C@H](C(=O)O)N1. The highest BCUT2D eigenvalue weighted by molar-refractivity contribution is 5.73. The van der Waals surface area contributed by atoms with Gasteiger partial charge in [-0.3, -0.25) is 10.1 Å². The molecule has 9 heavy (non-hydrogen) atoms. The lowest BCUT2D eigenvalue weighted by Crippen LogP contribution is -2.39. The molecule has 1 fully saturated rings. The number of carbonyl (C=O) groups is 1. The van der Waals surface area contributed by atoms with Crippen molar-refractivity contribution in [3.05, 3.63) is 0 Å². The first kappa shape index (κ1) is 6.51. The normalized spacial score (nSPS) is 34.8. The summed E-state index contributed by atoms with van der Waals surface area (Å²) in [5, 5.41) is 11.1. The largest absolute Gasteiger partial charge is 0.480 e. The summed E-state index contributed by atoms with van der Waals surface area (Å²) in [4.78, 5) is 10.2. The molecular weight excluding hydrogens is 120 g/mol. The molecule has 0 saturated carbocycles. The van der Waals surface area contributed by atoms with Gasteiger partial charge in [-0.1, -0.05) is 0 Å². The van der Waals surface area contributed by atoms with E-state index in [1.165, 1.54) is 0 Å². The molecule has 4 heteroatoms. The molecule has 2 atom stereocenters. The zero-order valence-corrected chi connectivity index (χ0v) is 5.00. The fraction of sp³-hybridized carbons (Fsp3) is 0.800. The molecule has 1 saturated heterocycles. The van der Waals surface area contributed by atoms with Crippen molar-refractivity contribution in [1.82, 2.24) is 5.32 Å². The molecule has 52 valence electrons. The van der Waals surface area contributed by atoms with Crippen LogP contribution in [-0.2, 0) is 4.79 Å². The summed E-state index contributed by atoms with van der Waals surface area (Å²) in [6.45, 7) is 0. The highest BCUT2D eigenvalue weighted by Crippen LogP contribution is 2.07. The smallest absolute Gasteiger partial charge is 0.320 e. The molecule has 1 heterocycles. The van der Waals surface area contributed by atoms with Gasteiger partial charge in [-0.25, -0.2) is 0 Å². The van der Waals surface area contributed by atoms with Crippen LogP contribution in [0.1, 0.15) is 12.8 Å². The molecule has 0 aromatic rings. The summed E-state index contributed by atoms with van der Waals surface area (Å²) in [5.41, 5.74) is 5.39. The van der Waals surface area contributed by atoms with E-state index >= 15 is 0 Å². The van der Waals surface area contributed by atoms with Crippen LogP contribution < -0.4 is 11.1 Å². The average Bonchev–Trinajstić information content (AvgIpc) is 2.14. The summed E-state index contributed by atoms with van der Waals surface area (Å²) < 4.78 is 0. The Labute approximate surface area is 53.0 Å². The summed E-state index contributed by atoms with van der Waals surface area (Å²) in [7, 11) is 0. The number of rotatable bonds is 1. The Morgan fingerprint density at radius 1 is 1.67 bits per heavy atom. The van der Waals surface area contributed by atoms with Gasteiger partial charge >= 0.3 is 5.97 Å². The average molecular weight is 130 g/mol. The fourth-order valence-corrected chi connectivity index (χ4v) is 0.966. The Bertz CT molecular complexity index is 126. The lowest BCUT2D eigenvalue weighted by molar-refractivity contribution is -0.139. The minimum Gasteiger partial charge on any atom is -0.480 e. The summed E-state index contributed by atoms with van der Waals surface area (Å²) >= 11 is 0. The van der Waals surface area contributed by atoms with Gasteiger partial charge < -0.3 is 10.8 Å². The summed E-state index contributed by atoms with van der Waals surface area (Å²) in [5.74, 6) is -0.803. The first-order valence-corrected chi connectivity index (χ1v) is 2.94. The Morgan fingerprint density at radius 2 is 2.33 bits per heavy atom. The van der Waals surface area contributed by atoms with Crippen LogP contribution in [0.15, 0.2) is 0 Å². The van der Waals surface area contributed by atoms with Crippen molar-refractivity contribution < 1.29 is 9.90 Å². The maximum Gasteiger partial charge on any atom is 0.320 e. The molecule has 1 aliphatic heterocycles. The summed E-state index contributed by atoms with van der Waals surface area (Å²) in [6, 6.07) is -0.417. The van der Waals surface area contributed by atoms with E-state index in [0.29, 0.717) is 6.42 Å². The number of carboxylic acid groups (broad SMARTS) is 1. The van der Waals surface area contributed by atoms with Crippen LogP contribution >= 0.6 is 0 Å². The standard InChI is InChI=1S/C5H10N2O2/c6-4-2-1-3(7-4)5(8)9/h3-4,7H,1-2,6H2,(H,8,9)/t3-,4?/m1/s1. The fourth-order valence-electron chi connectivity index (χ4n) is 0.966. The molecular formula is C5H10N2O2. The second-order valence-electron chi connectivity index (χ2n) is 2.24. The minimum atomic E-state index is -0.803. The van der Waals surface area contributed by atoms with Crippen molar-refractivity contribution >= 4 is 5.97 Å². The number of hydrogen-bond donors (Lipinski definition) is 3. The first-order valence-electron chi connectivity index (χ1n) is 2.94. The molecule has 0 bridgehead atoms. The topological polar surface area (TPSA) is 75.4 Å². The third kappa shape index (κ3) is 1.40. The van der Waals surface area contributed by atoms with E-state index in [9.17, 15) is 4.79 Å². The van der Waals surface area contributed by atoms with Gasteiger partial charge in [0.05, 0.1) is 6.17 Å². The van der Waals surface area contributed by atoms with Crippen molar-refractivity contribution in [2.24, 2.45) is 5.73 Å². The maximum absolute atomic E-state index is 10.2. The van der Waals surface area contributed by atoms with Crippen LogP contribution in [0.5, 0.6) is 0 Å². The van der Waals surface area contributed by atoms with Crippen LogP contribution in [-0.4, -0.2) is 23.3 Å². The molecule has 0 aliphatic carbocycles. The van der Waals surface area contributed by atoms with Crippen LogP contribution in [0.3, 0.4) is 0 Å². The molecule has 1 aliphatic rings. The molecule has 4 nitrogen and oxygen atoms in total. The quantitative estimate of drug-likeness (QED) is 0.430. The zero-order valence-electron chi connectivity index (χ0n) is 5.00. The molecule has 0 spiro atoms. The lowest BCUT2D eigenvalue weighted by Gasteiger charge is -2.04. The third-order valence-electron chi connectivity index (χ3n) is 1.48. The van der Waals surface area contributed by atoms with Crippen molar-refractivity contribution in [2.75, 3.05) is 0 Å². The minimum absolute atomic E-state index is 0.119. The highest BCUT2D eigenvalue weighted by Gasteiger charge is 2.25. The first-order chi connectivity index (χ1) is 4.20. The van der Waals surface area contributed by atoms with Gasteiger partial charge in [0.15, 0.2) is 0 Å². The predicted molar refractivity (Wildman–Crippen MR) is 31.8 cm³/mol. The van der Waals surface area contributed by atoms with Gasteiger partial charge in [-0.05, 0) is 12.8 Å². The van der Waals surface area contributed by atoms with Crippen LogP contribution in [0.4, 0.5) is 0 Å². The van der Waals surface area contributed by atoms with E-state index in [0.717, 1.165) is 6.42 Å². The highest BCUT2D eigenvalue weighted by atomic mass is 16.4. The van der Waals surface area contributed by atoms with E-state index in [1.807, 2.05) is 0 Å². The number of nitrogens with one attached hydrogen (secondary N) is 1.